The lowest BCUT2D eigenvalue weighted by molar-refractivity contribution is 0.0951. The molecule has 3 aromatic rings. The predicted molar refractivity (Wildman–Crippen MR) is 122 cm³/mol. The van der Waals surface area contributed by atoms with E-state index in [0.717, 1.165) is 33.3 Å². The Morgan fingerprint density at radius 3 is 2.71 bits per heavy atom. The highest BCUT2D eigenvalue weighted by Crippen LogP contribution is 2.29. The molecule has 0 spiro atoms. The molecular formula is C21H23N3O4S3. The monoisotopic (exact) mass is 477 g/mol. The number of rotatable bonds is 8. The topological polar surface area (TPSA) is 97.4 Å². The molecule has 4 rings (SSSR count). The van der Waals surface area contributed by atoms with E-state index in [1.54, 1.807) is 22.7 Å². The van der Waals surface area contributed by atoms with Crippen molar-refractivity contribution >= 4 is 38.6 Å². The summed E-state index contributed by atoms with van der Waals surface area (Å²) >= 11 is 3.20. The summed E-state index contributed by atoms with van der Waals surface area (Å²) in [5, 5.41) is 5.92. The van der Waals surface area contributed by atoms with E-state index in [0.29, 0.717) is 18.7 Å². The number of sulfonamides is 1. The summed E-state index contributed by atoms with van der Waals surface area (Å²) in [5.74, 6) is -0.254. The third-order valence-corrected chi connectivity index (χ3v) is 8.23. The minimum atomic E-state index is -3.63. The molecule has 0 bridgehead atoms. The second-order valence-electron chi connectivity index (χ2n) is 7.21. The summed E-state index contributed by atoms with van der Waals surface area (Å²) < 4.78 is 32.9. The molecule has 1 aliphatic heterocycles. The molecular weight excluding hydrogens is 454 g/mol. The molecule has 1 aromatic carbocycles. The second kappa shape index (κ2) is 9.58. The highest BCUT2D eigenvalue weighted by Gasteiger charge is 2.20. The molecule has 0 saturated carbocycles. The van der Waals surface area contributed by atoms with E-state index < -0.39 is 10.0 Å². The summed E-state index contributed by atoms with van der Waals surface area (Å²) in [6.07, 6.45) is 1.74. The molecule has 1 fully saturated rings. The Labute approximate surface area is 189 Å². The first kappa shape index (κ1) is 22.1. The summed E-state index contributed by atoms with van der Waals surface area (Å²) in [4.78, 5) is 19.2. The zero-order valence-corrected chi connectivity index (χ0v) is 19.4. The van der Waals surface area contributed by atoms with Crippen molar-refractivity contribution in [1.82, 2.24) is 15.0 Å². The van der Waals surface area contributed by atoms with Crippen LogP contribution in [0, 0.1) is 6.92 Å². The van der Waals surface area contributed by atoms with E-state index in [2.05, 4.69) is 15.0 Å². The molecule has 164 valence electrons. The standard InChI is InChI=1S/C21H23N3O4S3/c1-14-24-19(13-29-14)20-9-6-17(30-20)12-22-21(25)15-4-7-18(8-5-15)31(26,27)23-11-16-3-2-10-28-16/h4-9,13,16,23H,2-3,10-12H2,1H3,(H,22,25)/t16-/m1/s1. The average Bonchev–Trinajstić information content (AvgIpc) is 3.52. The van der Waals surface area contributed by atoms with Crippen molar-refractivity contribution in [3.05, 3.63) is 57.2 Å². The number of hydrogen-bond donors (Lipinski definition) is 2. The van der Waals surface area contributed by atoms with E-state index in [9.17, 15) is 13.2 Å². The van der Waals surface area contributed by atoms with Crippen molar-refractivity contribution in [2.75, 3.05) is 13.2 Å². The molecule has 1 saturated heterocycles. The number of carbonyl (C=O) groups is 1. The second-order valence-corrected chi connectivity index (χ2v) is 11.2. The molecule has 2 N–H and O–H groups in total. The van der Waals surface area contributed by atoms with Gasteiger partial charge in [0.05, 0.1) is 33.1 Å². The van der Waals surface area contributed by atoms with Gasteiger partial charge in [0.25, 0.3) is 5.91 Å². The molecule has 0 aliphatic carbocycles. The van der Waals surface area contributed by atoms with Gasteiger partial charge < -0.3 is 10.1 Å². The fraction of sp³-hybridized carbons (Fsp3) is 0.333. The van der Waals surface area contributed by atoms with Gasteiger partial charge in [-0.2, -0.15) is 0 Å². The summed E-state index contributed by atoms with van der Waals surface area (Å²) in [7, 11) is -3.63. The van der Waals surface area contributed by atoms with Crippen molar-refractivity contribution in [2.24, 2.45) is 0 Å². The minimum Gasteiger partial charge on any atom is -0.377 e. The van der Waals surface area contributed by atoms with Gasteiger partial charge in [0.2, 0.25) is 10.0 Å². The maximum Gasteiger partial charge on any atom is 0.251 e. The molecule has 7 nitrogen and oxygen atoms in total. The summed E-state index contributed by atoms with van der Waals surface area (Å²) in [5.41, 5.74) is 1.36. The van der Waals surface area contributed by atoms with Gasteiger partial charge in [-0.05, 0) is 56.2 Å². The third kappa shape index (κ3) is 5.58. The van der Waals surface area contributed by atoms with E-state index in [1.165, 1.54) is 24.3 Å². The molecule has 3 heterocycles. The zero-order valence-electron chi connectivity index (χ0n) is 17.0. The van der Waals surface area contributed by atoms with Crippen LogP contribution >= 0.6 is 22.7 Å². The highest BCUT2D eigenvalue weighted by atomic mass is 32.2. The number of thiophene rings is 1. The number of aryl methyl sites for hydroxylation is 1. The highest BCUT2D eigenvalue weighted by molar-refractivity contribution is 7.89. The van der Waals surface area contributed by atoms with E-state index in [4.69, 9.17) is 4.74 Å². The van der Waals surface area contributed by atoms with Crippen molar-refractivity contribution in [3.8, 4) is 10.6 Å². The normalized spacial score (nSPS) is 16.5. The fourth-order valence-corrected chi connectivity index (χ4v) is 5.90. The van der Waals surface area contributed by atoms with Crippen LogP contribution in [0.4, 0.5) is 0 Å². The predicted octanol–water partition coefficient (Wildman–Crippen LogP) is 3.57. The molecule has 1 aliphatic rings. The van der Waals surface area contributed by atoms with Crippen molar-refractivity contribution in [2.45, 2.75) is 37.3 Å². The van der Waals surface area contributed by atoms with Crippen LogP contribution in [-0.2, 0) is 21.3 Å². The van der Waals surface area contributed by atoms with Crippen LogP contribution < -0.4 is 10.0 Å². The Kier molecular flexibility index (Phi) is 6.83. The van der Waals surface area contributed by atoms with E-state index in [1.807, 2.05) is 24.4 Å². The molecule has 0 radical (unpaired) electrons. The smallest absolute Gasteiger partial charge is 0.251 e. The van der Waals surface area contributed by atoms with Gasteiger partial charge in [-0.25, -0.2) is 18.1 Å². The Morgan fingerprint density at radius 1 is 1.23 bits per heavy atom. The number of hydrogen-bond acceptors (Lipinski definition) is 7. The van der Waals surface area contributed by atoms with Gasteiger partial charge in [0.1, 0.15) is 0 Å². The van der Waals surface area contributed by atoms with Crippen LogP contribution in [-0.4, -0.2) is 38.6 Å². The van der Waals surface area contributed by atoms with Crippen molar-refractivity contribution in [1.29, 1.82) is 0 Å². The maximum atomic E-state index is 12.5. The lowest BCUT2D eigenvalue weighted by Crippen LogP contribution is -2.31. The largest absolute Gasteiger partial charge is 0.377 e. The SMILES string of the molecule is Cc1nc(-c2ccc(CNC(=O)c3ccc(S(=O)(=O)NC[C@H]4CCCO4)cc3)s2)cs1. The van der Waals surface area contributed by atoms with Crippen LogP contribution in [0.3, 0.4) is 0 Å². The minimum absolute atomic E-state index is 0.0721. The van der Waals surface area contributed by atoms with Gasteiger partial charge in [0, 0.05) is 29.0 Å². The van der Waals surface area contributed by atoms with Crippen LogP contribution in [0.15, 0.2) is 46.7 Å². The summed E-state index contributed by atoms with van der Waals surface area (Å²) in [6.45, 7) is 3.30. The van der Waals surface area contributed by atoms with Crippen LogP contribution in [0.25, 0.3) is 10.6 Å². The number of ether oxygens (including phenoxy) is 1. The molecule has 0 unspecified atom stereocenters. The maximum absolute atomic E-state index is 12.5. The van der Waals surface area contributed by atoms with Gasteiger partial charge in [-0.3, -0.25) is 4.79 Å². The van der Waals surface area contributed by atoms with Crippen LogP contribution in [0.1, 0.15) is 33.1 Å². The Bertz CT molecular complexity index is 1150. The van der Waals surface area contributed by atoms with E-state index in [-0.39, 0.29) is 23.5 Å². The number of carbonyl (C=O) groups excluding carboxylic acids is 1. The average molecular weight is 478 g/mol. The van der Waals surface area contributed by atoms with Gasteiger partial charge in [-0.15, -0.1) is 22.7 Å². The van der Waals surface area contributed by atoms with Crippen molar-refractivity contribution in [3.63, 3.8) is 0 Å². The van der Waals surface area contributed by atoms with Gasteiger partial charge in [-0.1, -0.05) is 0 Å². The first-order valence-corrected chi connectivity index (χ1v) is 13.1. The number of thiazole rings is 1. The Hall–Kier alpha value is -2.11. The van der Waals surface area contributed by atoms with Crippen LogP contribution in [0.5, 0.6) is 0 Å². The Balaban J connectivity index is 1.32. The summed E-state index contributed by atoms with van der Waals surface area (Å²) in [6, 6.07) is 9.91. The number of aromatic nitrogens is 1. The number of nitrogens with one attached hydrogen (secondary N) is 2. The molecule has 10 heteroatoms. The first-order valence-electron chi connectivity index (χ1n) is 9.91. The third-order valence-electron chi connectivity index (χ3n) is 4.91. The Morgan fingerprint density at radius 2 is 2.03 bits per heavy atom. The molecule has 1 atom stereocenters. The van der Waals surface area contributed by atoms with Gasteiger partial charge in [0.15, 0.2) is 0 Å². The fourth-order valence-electron chi connectivity index (χ4n) is 3.23. The number of benzene rings is 1. The van der Waals surface area contributed by atoms with Gasteiger partial charge >= 0.3 is 0 Å². The molecule has 2 aromatic heterocycles. The lowest BCUT2D eigenvalue weighted by Gasteiger charge is -2.11. The van der Waals surface area contributed by atoms with Crippen molar-refractivity contribution < 1.29 is 17.9 Å². The lowest BCUT2D eigenvalue weighted by atomic mass is 10.2. The number of nitrogens with zero attached hydrogens (tertiary/aromatic N) is 1. The molecule has 31 heavy (non-hydrogen) atoms. The first-order chi connectivity index (χ1) is 14.9. The quantitative estimate of drug-likeness (QED) is 0.517. The van der Waals surface area contributed by atoms with E-state index >= 15 is 0 Å². The number of amides is 1. The molecule has 1 amide bonds. The zero-order chi connectivity index (χ0) is 21.8. The van der Waals surface area contributed by atoms with Crippen LogP contribution in [0.2, 0.25) is 0 Å².